The van der Waals surface area contributed by atoms with Crippen LogP contribution in [0, 0.1) is 13.8 Å². The van der Waals surface area contributed by atoms with Crippen molar-refractivity contribution < 1.29 is 19.1 Å². The highest BCUT2D eigenvalue weighted by atomic mass is 16.5. The Balaban J connectivity index is 1.76. The van der Waals surface area contributed by atoms with E-state index < -0.39 is 5.97 Å². The minimum Gasteiger partial charge on any atom is -0.497 e. The number of carbonyl (C=O) groups is 2. The zero-order chi connectivity index (χ0) is 19.6. The standard InChI is InChI=1S/C21H24N2O4/c1-13-18(21(25)27-4)14(2)22-19(13)20(24)23-11-9-16(10-12-23)15-5-7-17(26-3)8-6-15/h5-9,22H,10-12H2,1-4H3. The summed E-state index contributed by atoms with van der Waals surface area (Å²) in [6.07, 6.45) is 2.86. The average molecular weight is 368 g/mol. The molecule has 3 rings (SSSR count). The fraction of sp³-hybridized carbons (Fsp3) is 0.333. The van der Waals surface area contributed by atoms with Crippen LogP contribution in [0.25, 0.3) is 5.57 Å². The maximum atomic E-state index is 12.9. The van der Waals surface area contributed by atoms with Crippen molar-refractivity contribution in [1.29, 1.82) is 0 Å². The Hall–Kier alpha value is -3.02. The van der Waals surface area contributed by atoms with Gasteiger partial charge in [0.05, 0.1) is 19.8 Å². The Bertz CT molecular complexity index is 894. The average Bonchev–Trinajstić information content (AvgIpc) is 3.01. The van der Waals surface area contributed by atoms with Gasteiger partial charge in [-0.3, -0.25) is 4.79 Å². The summed E-state index contributed by atoms with van der Waals surface area (Å²) in [7, 11) is 2.99. The van der Waals surface area contributed by atoms with Gasteiger partial charge in [0.1, 0.15) is 11.4 Å². The topological polar surface area (TPSA) is 71.6 Å². The highest BCUT2D eigenvalue weighted by Gasteiger charge is 2.26. The van der Waals surface area contributed by atoms with E-state index in [1.807, 2.05) is 24.3 Å². The van der Waals surface area contributed by atoms with E-state index in [0.717, 1.165) is 17.7 Å². The molecular formula is C21H24N2O4. The largest absolute Gasteiger partial charge is 0.497 e. The maximum absolute atomic E-state index is 12.9. The van der Waals surface area contributed by atoms with E-state index in [-0.39, 0.29) is 5.91 Å². The molecule has 2 heterocycles. The lowest BCUT2D eigenvalue weighted by atomic mass is 9.99. The number of carbonyl (C=O) groups excluding carboxylic acids is 2. The van der Waals surface area contributed by atoms with Gasteiger partial charge >= 0.3 is 5.97 Å². The van der Waals surface area contributed by atoms with Gasteiger partial charge in [0, 0.05) is 18.8 Å². The number of aromatic amines is 1. The van der Waals surface area contributed by atoms with Gasteiger partial charge in [0.25, 0.3) is 5.91 Å². The summed E-state index contributed by atoms with van der Waals surface area (Å²) >= 11 is 0. The zero-order valence-corrected chi connectivity index (χ0v) is 16.1. The molecule has 0 spiro atoms. The molecular weight excluding hydrogens is 344 g/mol. The number of nitrogens with one attached hydrogen (secondary N) is 1. The minimum absolute atomic E-state index is 0.101. The lowest BCUT2D eigenvalue weighted by molar-refractivity contribution is 0.0599. The van der Waals surface area contributed by atoms with E-state index >= 15 is 0 Å². The maximum Gasteiger partial charge on any atom is 0.339 e. The molecule has 0 aliphatic carbocycles. The highest BCUT2D eigenvalue weighted by Crippen LogP contribution is 2.26. The number of aromatic nitrogens is 1. The third-order valence-corrected chi connectivity index (χ3v) is 5.00. The van der Waals surface area contributed by atoms with Crippen LogP contribution in [0.5, 0.6) is 5.75 Å². The van der Waals surface area contributed by atoms with E-state index in [1.165, 1.54) is 12.7 Å². The van der Waals surface area contributed by atoms with Gasteiger partial charge in [-0.25, -0.2) is 4.79 Å². The smallest absolute Gasteiger partial charge is 0.339 e. The number of rotatable bonds is 4. The third-order valence-electron chi connectivity index (χ3n) is 5.00. The Morgan fingerprint density at radius 2 is 1.81 bits per heavy atom. The normalized spacial score (nSPS) is 13.9. The number of esters is 1. The van der Waals surface area contributed by atoms with Crippen LogP contribution in [0.15, 0.2) is 30.3 Å². The second kappa shape index (κ2) is 7.70. The Kier molecular flexibility index (Phi) is 5.35. The molecule has 0 fully saturated rings. The Labute approximate surface area is 158 Å². The van der Waals surface area contributed by atoms with Crippen molar-refractivity contribution in [2.45, 2.75) is 20.3 Å². The molecule has 0 saturated heterocycles. The molecule has 0 atom stereocenters. The summed E-state index contributed by atoms with van der Waals surface area (Å²) in [4.78, 5) is 29.7. The first-order valence-electron chi connectivity index (χ1n) is 8.86. The minimum atomic E-state index is -0.430. The van der Waals surface area contributed by atoms with Crippen LogP contribution in [-0.2, 0) is 4.74 Å². The molecule has 1 aromatic carbocycles. The summed E-state index contributed by atoms with van der Waals surface area (Å²) in [6.45, 7) is 4.70. The summed E-state index contributed by atoms with van der Waals surface area (Å²) in [5, 5.41) is 0. The van der Waals surface area contributed by atoms with Crippen molar-refractivity contribution >= 4 is 17.4 Å². The summed E-state index contributed by atoms with van der Waals surface area (Å²) in [6, 6.07) is 7.94. The SMILES string of the molecule is COC(=O)c1c(C)[nH]c(C(=O)N2CC=C(c3ccc(OC)cc3)CC2)c1C. The summed E-state index contributed by atoms with van der Waals surface area (Å²) in [5.74, 6) is 0.294. The van der Waals surface area contributed by atoms with Gasteiger partial charge in [0.2, 0.25) is 0 Å². The Morgan fingerprint density at radius 3 is 2.37 bits per heavy atom. The molecule has 0 saturated carbocycles. The predicted octanol–water partition coefficient (Wildman–Crippen LogP) is 3.36. The quantitative estimate of drug-likeness (QED) is 0.840. The van der Waals surface area contributed by atoms with Crippen molar-refractivity contribution in [2.75, 3.05) is 27.3 Å². The number of ether oxygens (including phenoxy) is 2. The fourth-order valence-electron chi connectivity index (χ4n) is 3.45. The van der Waals surface area contributed by atoms with Crippen LogP contribution in [0.2, 0.25) is 0 Å². The molecule has 6 heteroatoms. The lowest BCUT2D eigenvalue weighted by Gasteiger charge is -2.26. The number of hydrogen-bond donors (Lipinski definition) is 1. The number of benzene rings is 1. The van der Waals surface area contributed by atoms with Gasteiger partial charge < -0.3 is 19.4 Å². The van der Waals surface area contributed by atoms with Gasteiger partial charge in [0.15, 0.2) is 0 Å². The Morgan fingerprint density at radius 1 is 1.11 bits per heavy atom. The van der Waals surface area contributed by atoms with Crippen molar-refractivity contribution in [3.05, 3.63) is 58.4 Å². The van der Waals surface area contributed by atoms with Gasteiger partial charge in [-0.1, -0.05) is 18.2 Å². The molecule has 142 valence electrons. The van der Waals surface area contributed by atoms with Crippen molar-refractivity contribution in [1.82, 2.24) is 9.88 Å². The number of methoxy groups -OCH3 is 2. The number of H-pyrrole nitrogens is 1. The first-order valence-corrected chi connectivity index (χ1v) is 8.86. The zero-order valence-electron chi connectivity index (χ0n) is 16.1. The van der Waals surface area contributed by atoms with Crippen molar-refractivity contribution in [3.63, 3.8) is 0 Å². The van der Waals surface area contributed by atoms with Crippen LogP contribution in [0.3, 0.4) is 0 Å². The van der Waals surface area contributed by atoms with Crippen LogP contribution in [-0.4, -0.2) is 49.1 Å². The van der Waals surface area contributed by atoms with E-state index in [0.29, 0.717) is 35.6 Å². The molecule has 1 aromatic heterocycles. The van der Waals surface area contributed by atoms with E-state index in [4.69, 9.17) is 9.47 Å². The molecule has 1 N–H and O–H groups in total. The fourth-order valence-corrected chi connectivity index (χ4v) is 3.45. The van der Waals surface area contributed by atoms with Crippen LogP contribution >= 0.6 is 0 Å². The number of hydrogen-bond acceptors (Lipinski definition) is 4. The first kappa shape index (κ1) is 18.8. The summed E-state index contributed by atoms with van der Waals surface area (Å²) in [5.41, 5.74) is 4.53. The molecule has 0 unspecified atom stereocenters. The van der Waals surface area contributed by atoms with Gasteiger partial charge in [-0.15, -0.1) is 0 Å². The van der Waals surface area contributed by atoms with Gasteiger partial charge in [-0.2, -0.15) is 0 Å². The van der Waals surface area contributed by atoms with E-state index in [1.54, 1.807) is 25.9 Å². The molecule has 1 aliphatic heterocycles. The lowest BCUT2D eigenvalue weighted by Crippen LogP contribution is -2.35. The molecule has 6 nitrogen and oxygen atoms in total. The number of aryl methyl sites for hydroxylation is 1. The van der Waals surface area contributed by atoms with Crippen LogP contribution < -0.4 is 4.74 Å². The monoisotopic (exact) mass is 368 g/mol. The number of amides is 1. The summed E-state index contributed by atoms with van der Waals surface area (Å²) < 4.78 is 10.0. The third kappa shape index (κ3) is 3.60. The van der Waals surface area contributed by atoms with Crippen molar-refractivity contribution in [3.8, 4) is 5.75 Å². The molecule has 2 aromatic rings. The highest BCUT2D eigenvalue weighted by molar-refractivity contribution is 6.00. The molecule has 1 aliphatic rings. The second-order valence-electron chi connectivity index (χ2n) is 6.58. The van der Waals surface area contributed by atoms with Crippen molar-refractivity contribution in [2.24, 2.45) is 0 Å². The van der Waals surface area contributed by atoms with Crippen LogP contribution in [0.1, 0.15) is 44.1 Å². The molecule has 1 amide bonds. The van der Waals surface area contributed by atoms with E-state index in [9.17, 15) is 9.59 Å². The number of nitrogens with zero attached hydrogens (tertiary/aromatic N) is 1. The van der Waals surface area contributed by atoms with E-state index in [2.05, 4.69) is 11.1 Å². The molecule has 27 heavy (non-hydrogen) atoms. The second-order valence-corrected chi connectivity index (χ2v) is 6.58. The van der Waals surface area contributed by atoms with Crippen LogP contribution in [0.4, 0.5) is 0 Å². The van der Waals surface area contributed by atoms with Gasteiger partial charge in [-0.05, 0) is 49.1 Å². The predicted molar refractivity (Wildman–Crippen MR) is 103 cm³/mol. The molecule has 0 bridgehead atoms. The molecule has 0 radical (unpaired) electrons. The first-order chi connectivity index (χ1) is 13.0.